The topological polar surface area (TPSA) is 110 Å². The summed E-state index contributed by atoms with van der Waals surface area (Å²) in [4.78, 5) is 25.4. The van der Waals surface area contributed by atoms with E-state index in [0.717, 1.165) is 66.5 Å². The second-order valence-electron chi connectivity index (χ2n) is 11.6. The number of carbonyl (C=O) groups is 1. The number of unbranched alkanes of at least 4 members (excludes halogenated alkanes) is 1. The van der Waals surface area contributed by atoms with Crippen molar-refractivity contribution in [1.29, 1.82) is 0 Å². The molecule has 10 heteroatoms. The highest BCUT2D eigenvalue weighted by Crippen LogP contribution is 2.43. The van der Waals surface area contributed by atoms with E-state index >= 15 is 0 Å². The van der Waals surface area contributed by atoms with Gasteiger partial charge < -0.3 is 14.4 Å². The molecule has 1 saturated carbocycles. The summed E-state index contributed by atoms with van der Waals surface area (Å²) >= 11 is -1.54. The molecule has 2 unspecified atom stereocenters. The lowest BCUT2D eigenvalue weighted by atomic mass is 9.79. The van der Waals surface area contributed by atoms with Crippen LogP contribution in [0.5, 0.6) is 0 Å². The van der Waals surface area contributed by atoms with Crippen molar-refractivity contribution in [2.24, 2.45) is 9.98 Å². The Hall–Kier alpha value is -2.92. The number of allylic oxidation sites excluding steroid dienone is 1. The minimum absolute atomic E-state index is 0.100. The Morgan fingerprint density at radius 1 is 1.17 bits per heavy atom. The first-order chi connectivity index (χ1) is 20.1. The number of aliphatic hydroxyl groups is 1. The van der Waals surface area contributed by atoms with Crippen molar-refractivity contribution in [3.8, 4) is 11.1 Å². The quantitative estimate of drug-likeness (QED) is 0.293. The Morgan fingerprint density at radius 2 is 1.90 bits per heavy atom. The lowest BCUT2D eigenvalue weighted by molar-refractivity contribution is -0.141. The molecular weight excluding hydrogens is 547 g/mol. The third-order valence-corrected chi connectivity index (χ3v) is 9.81. The summed E-state index contributed by atoms with van der Waals surface area (Å²) in [6, 6.07) is 13.3. The van der Waals surface area contributed by atoms with E-state index in [1.165, 1.54) is 0 Å². The summed E-state index contributed by atoms with van der Waals surface area (Å²) in [7, 11) is 1.68. The number of hydrogen-bond donors (Lipinski definition) is 2. The Balaban J connectivity index is 1.51. The summed E-state index contributed by atoms with van der Waals surface area (Å²) in [5.41, 5.74) is 2.68. The molecule has 2 aliphatic heterocycles. The Labute approximate surface area is 253 Å². The van der Waals surface area contributed by atoms with Gasteiger partial charge in [-0.25, -0.2) is 4.99 Å². The largest absolute Gasteiger partial charge is 0.588 e. The van der Waals surface area contributed by atoms with Crippen molar-refractivity contribution in [2.45, 2.75) is 95.3 Å². The van der Waals surface area contributed by atoms with E-state index in [2.05, 4.69) is 16.6 Å². The molecule has 42 heavy (non-hydrogen) atoms. The molecule has 0 radical (unpaired) electrons. The number of benzene rings is 2. The summed E-state index contributed by atoms with van der Waals surface area (Å²) < 4.78 is 22.4. The molecule has 222 valence electrons. The number of nitrogens with zero attached hydrogens (tertiary/aromatic N) is 3. The summed E-state index contributed by atoms with van der Waals surface area (Å²) in [6.45, 7) is 8.74. The molecule has 2 N–H and O–H groups in total. The predicted octanol–water partition coefficient (Wildman–Crippen LogP) is 4.69. The Kier molecular flexibility index (Phi) is 8.99. The van der Waals surface area contributed by atoms with Gasteiger partial charge in [0.2, 0.25) is 0 Å². The number of rotatable bonds is 11. The molecule has 1 spiro atoms. The smallest absolute Gasteiger partial charge is 0.257 e. The average Bonchev–Trinajstić information content (AvgIpc) is 3.58. The van der Waals surface area contributed by atoms with Gasteiger partial charge in [-0.1, -0.05) is 50.5 Å². The zero-order valence-corrected chi connectivity index (χ0v) is 26.1. The minimum atomic E-state index is -1.59. The van der Waals surface area contributed by atoms with Gasteiger partial charge in [0.1, 0.15) is 28.4 Å². The SMILES string of the molecule is BC(O)(c1ccc(-c2ccccc2[S+]([O-])NC2=NC(C)=C2C)c(COCC)c1)N1C(=O)C2(CCCC2)N=C1CCCC. The molecule has 0 bridgehead atoms. The molecule has 2 aromatic carbocycles. The number of nitrogens with one attached hydrogen (secondary N) is 1. The van der Waals surface area contributed by atoms with E-state index in [1.807, 2.05) is 63.2 Å². The van der Waals surface area contributed by atoms with Crippen molar-refractivity contribution < 1.29 is 19.2 Å². The molecule has 0 aromatic heterocycles. The van der Waals surface area contributed by atoms with Gasteiger partial charge in [-0.3, -0.25) is 14.7 Å². The molecule has 1 amide bonds. The Bertz CT molecular complexity index is 1450. The molecular formula is C32H41BN4O4S. The van der Waals surface area contributed by atoms with Gasteiger partial charge in [-0.15, -0.1) is 0 Å². The maximum Gasteiger partial charge on any atom is 0.257 e. The fourth-order valence-corrected chi connectivity index (χ4v) is 7.13. The van der Waals surface area contributed by atoms with E-state index in [1.54, 1.807) is 12.7 Å². The van der Waals surface area contributed by atoms with E-state index in [4.69, 9.17) is 9.73 Å². The zero-order chi connectivity index (χ0) is 30.1. The standard InChI is InChI=1S/C32H41BN4O4S/c1-5-7-14-28-35-31(17-10-11-18-31)30(38)37(28)32(33,39)24-15-16-25(23(19-24)20-41-6-2)26-12-8-9-13-27(26)42(40)36-29-21(3)22(4)34-29/h8-9,12-13,15-16,19,39H,5-7,10-11,14,17-18,20,33H2,1-4H3,(H,34,36). The predicted molar refractivity (Wildman–Crippen MR) is 170 cm³/mol. The first-order valence-corrected chi connectivity index (χ1v) is 16.2. The third kappa shape index (κ3) is 5.57. The van der Waals surface area contributed by atoms with Crippen molar-refractivity contribution in [1.82, 2.24) is 9.62 Å². The van der Waals surface area contributed by atoms with Gasteiger partial charge in [-0.2, -0.15) is 4.72 Å². The first-order valence-electron chi connectivity index (χ1n) is 15.0. The lowest BCUT2D eigenvalue weighted by Crippen LogP contribution is -2.54. The van der Waals surface area contributed by atoms with Gasteiger partial charge in [0.15, 0.2) is 18.6 Å². The molecule has 2 atom stereocenters. The number of carbonyl (C=O) groups excluding carboxylic acids is 1. The van der Waals surface area contributed by atoms with E-state index < -0.39 is 22.5 Å². The minimum Gasteiger partial charge on any atom is -0.588 e. The first kappa shape index (κ1) is 30.5. The third-order valence-electron chi connectivity index (χ3n) is 8.68. The van der Waals surface area contributed by atoms with Crippen molar-refractivity contribution in [2.75, 3.05) is 6.61 Å². The van der Waals surface area contributed by atoms with Crippen LogP contribution in [-0.4, -0.2) is 52.1 Å². The van der Waals surface area contributed by atoms with Crippen LogP contribution in [-0.2, 0) is 33.1 Å². The number of ether oxygens (including phenoxy) is 1. The van der Waals surface area contributed by atoms with Crippen LogP contribution < -0.4 is 4.72 Å². The zero-order valence-electron chi connectivity index (χ0n) is 25.3. The van der Waals surface area contributed by atoms with Crippen LogP contribution in [0.25, 0.3) is 11.1 Å². The molecule has 1 aliphatic carbocycles. The fraction of sp³-hybridized carbons (Fsp3) is 0.469. The van der Waals surface area contributed by atoms with Crippen LogP contribution in [0.3, 0.4) is 0 Å². The summed E-state index contributed by atoms with van der Waals surface area (Å²) in [5, 5.41) is 12.1. The van der Waals surface area contributed by atoms with Crippen LogP contribution in [0.15, 0.2) is 68.6 Å². The molecule has 8 nitrogen and oxygen atoms in total. The van der Waals surface area contributed by atoms with E-state index in [9.17, 15) is 14.5 Å². The van der Waals surface area contributed by atoms with E-state index in [0.29, 0.717) is 41.8 Å². The highest BCUT2D eigenvalue weighted by molar-refractivity contribution is 7.90. The Morgan fingerprint density at radius 3 is 2.57 bits per heavy atom. The molecule has 2 aromatic rings. The maximum atomic E-state index is 13.9. The monoisotopic (exact) mass is 588 g/mol. The van der Waals surface area contributed by atoms with Crippen LogP contribution >= 0.6 is 0 Å². The second-order valence-corrected chi connectivity index (χ2v) is 12.8. The highest BCUT2D eigenvalue weighted by Gasteiger charge is 2.54. The van der Waals surface area contributed by atoms with Crippen molar-refractivity contribution in [3.05, 3.63) is 64.9 Å². The average molecular weight is 589 g/mol. The molecule has 2 heterocycles. The summed E-state index contributed by atoms with van der Waals surface area (Å²) in [5.74, 6) is 1.21. The van der Waals surface area contributed by atoms with Gasteiger partial charge in [0.25, 0.3) is 5.91 Å². The fourth-order valence-electron chi connectivity index (χ4n) is 6.07. The number of amides is 1. The van der Waals surface area contributed by atoms with Crippen LogP contribution in [0.4, 0.5) is 0 Å². The van der Waals surface area contributed by atoms with Crippen LogP contribution in [0, 0.1) is 0 Å². The van der Waals surface area contributed by atoms with Gasteiger partial charge >= 0.3 is 0 Å². The number of amidine groups is 2. The second kappa shape index (κ2) is 12.4. The molecule has 5 rings (SSSR count). The molecule has 3 aliphatic rings. The number of hydrogen-bond acceptors (Lipinski definition) is 7. The van der Waals surface area contributed by atoms with Gasteiger partial charge in [0, 0.05) is 29.9 Å². The van der Waals surface area contributed by atoms with Gasteiger partial charge in [-0.05, 0) is 74.9 Å². The van der Waals surface area contributed by atoms with E-state index in [-0.39, 0.29) is 5.91 Å². The molecule has 0 saturated heterocycles. The number of aliphatic imine (C=N–C) groups is 2. The van der Waals surface area contributed by atoms with Crippen molar-refractivity contribution in [3.63, 3.8) is 0 Å². The van der Waals surface area contributed by atoms with Gasteiger partial charge in [0.05, 0.1) is 6.61 Å². The maximum absolute atomic E-state index is 13.9. The normalized spacial score (nSPS) is 20.0. The highest BCUT2D eigenvalue weighted by atomic mass is 32.2. The van der Waals surface area contributed by atoms with Crippen molar-refractivity contribution >= 4 is 36.8 Å². The molecule has 1 fully saturated rings. The summed E-state index contributed by atoms with van der Waals surface area (Å²) in [6.07, 6.45) is 5.91. The lowest BCUT2D eigenvalue weighted by Gasteiger charge is -2.37. The van der Waals surface area contributed by atoms with Crippen LogP contribution in [0.1, 0.15) is 83.8 Å². The van der Waals surface area contributed by atoms with Crippen LogP contribution in [0.2, 0.25) is 0 Å².